The number of aliphatic carboxylic acids is 1. The van der Waals surface area contributed by atoms with E-state index in [0.717, 1.165) is 11.0 Å². The second-order valence-corrected chi connectivity index (χ2v) is 7.83. The summed E-state index contributed by atoms with van der Waals surface area (Å²) in [6.45, 7) is 8.93. The zero-order valence-electron chi connectivity index (χ0n) is 21.2. The number of aryl methyl sites for hydroxylation is 1. The van der Waals surface area contributed by atoms with Gasteiger partial charge in [0.05, 0.1) is 18.1 Å². The number of alkyl carbamates (subject to hydrolysis) is 1. The summed E-state index contributed by atoms with van der Waals surface area (Å²) in [4.78, 5) is 28.7. The summed E-state index contributed by atoms with van der Waals surface area (Å²) < 4.78 is 11.4. The maximum absolute atomic E-state index is 10.8. The number of rotatable bonds is 5. The average Bonchev–Trinajstić information content (AvgIpc) is 3.13. The minimum absolute atomic E-state index is 0.000694. The molecule has 0 saturated carbocycles. The number of nitrogens with one attached hydrogen (secondary N) is 1. The monoisotopic (exact) mass is 481 g/mol. The number of carboxylic acid groups (broad SMARTS) is 1. The molecule has 1 atom stereocenters. The summed E-state index contributed by atoms with van der Waals surface area (Å²) in [6, 6.07) is 1.91. The van der Waals surface area contributed by atoms with E-state index >= 15 is 0 Å². The smallest absolute Gasteiger partial charge is 0.408 e. The molecule has 0 unspecified atom stereocenters. The molecular weight excluding hydrogens is 442 g/mol. The molecule has 5 N–H and O–H groups in total. The van der Waals surface area contributed by atoms with E-state index in [1.54, 1.807) is 20.8 Å². The number of nitrogens with two attached hydrogens (primary N) is 1. The molecule has 11 nitrogen and oxygen atoms in total. The number of fused-ring (bicyclic) bond motifs is 1. The van der Waals surface area contributed by atoms with Crippen LogP contribution in [0.2, 0.25) is 0 Å². The molecule has 0 aliphatic carbocycles. The molecule has 192 valence electrons. The number of carboxylic acids is 1. The van der Waals surface area contributed by atoms with E-state index in [1.165, 1.54) is 19.9 Å². The number of aliphatic hydroxyl groups is 1. The standard InChI is InChI=1S/C7H8N4.C7H13NO4.C6H10O2.C3H8/c1-11-3-2-5-6(8)9-4-10-7(5)11;1-7(2,3)12-6(11)8-4-5(9)10;1-3-4-6(5-7)8-2;1-3-2/h2-4H,1H3,(H2,8,9,10);4H2,1-3H3,(H,8,11)(H,9,10);1,6-7H,4-5H2,2H3;3H2,1-2H3/t;;6-;/m..0./s1. The summed E-state index contributed by atoms with van der Waals surface area (Å²) >= 11 is 0. The number of terminal acetylenes is 1. The van der Waals surface area contributed by atoms with Gasteiger partial charge in [-0.1, -0.05) is 20.3 Å². The highest BCUT2D eigenvalue weighted by atomic mass is 16.6. The molecule has 0 bridgehead atoms. The van der Waals surface area contributed by atoms with Crippen LogP contribution in [0.3, 0.4) is 0 Å². The molecule has 0 radical (unpaired) electrons. The predicted molar refractivity (Wildman–Crippen MR) is 132 cm³/mol. The van der Waals surface area contributed by atoms with E-state index in [4.69, 9.17) is 31.8 Å². The van der Waals surface area contributed by atoms with E-state index in [0.29, 0.717) is 12.2 Å². The highest BCUT2D eigenvalue weighted by Crippen LogP contribution is 2.15. The second kappa shape index (κ2) is 18.1. The summed E-state index contributed by atoms with van der Waals surface area (Å²) in [7, 11) is 3.45. The topological polar surface area (TPSA) is 162 Å². The number of methoxy groups -OCH3 is 1. The van der Waals surface area contributed by atoms with Crippen LogP contribution in [0.15, 0.2) is 18.6 Å². The van der Waals surface area contributed by atoms with Crippen LogP contribution in [-0.2, 0) is 21.3 Å². The molecule has 0 fully saturated rings. The number of aliphatic hydroxyl groups excluding tert-OH is 1. The number of aromatic nitrogens is 3. The molecule has 0 saturated heterocycles. The second-order valence-electron chi connectivity index (χ2n) is 7.83. The first-order valence-corrected chi connectivity index (χ1v) is 10.6. The van der Waals surface area contributed by atoms with Crippen LogP contribution in [-0.4, -0.2) is 68.8 Å². The molecule has 1 amide bonds. The van der Waals surface area contributed by atoms with Gasteiger partial charge in [0.15, 0.2) is 0 Å². The molecule has 0 aromatic carbocycles. The lowest BCUT2D eigenvalue weighted by molar-refractivity contribution is -0.136. The number of carbonyl (C=O) groups excluding carboxylic acids is 1. The van der Waals surface area contributed by atoms with Gasteiger partial charge >= 0.3 is 12.1 Å². The number of anilines is 1. The fourth-order valence-corrected chi connectivity index (χ4v) is 1.91. The fraction of sp³-hybridized carbons (Fsp3) is 0.565. The van der Waals surface area contributed by atoms with E-state index in [9.17, 15) is 9.59 Å². The maximum Gasteiger partial charge on any atom is 0.408 e. The number of hydrogen-bond donors (Lipinski definition) is 4. The first-order valence-electron chi connectivity index (χ1n) is 10.6. The molecule has 0 aliphatic heterocycles. The number of ether oxygens (including phenoxy) is 2. The van der Waals surface area contributed by atoms with Crippen molar-refractivity contribution in [1.29, 1.82) is 0 Å². The lowest BCUT2D eigenvalue weighted by atomic mass is 10.2. The van der Waals surface area contributed by atoms with Crippen molar-refractivity contribution in [3.8, 4) is 12.3 Å². The number of hydrogen-bond acceptors (Lipinski definition) is 8. The zero-order valence-corrected chi connectivity index (χ0v) is 21.2. The van der Waals surface area contributed by atoms with Crippen LogP contribution in [0.1, 0.15) is 47.5 Å². The largest absolute Gasteiger partial charge is 0.480 e. The van der Waals surface area contributed by atoms with Crippen LogP contribution in [0, 0.1) is 12.3 Å². The Morgan fingerprint density at radius 2 is 1.91 bits per heavy atom. The third-order valence-corrected chi connectivity index (χ3v) is 3.36. The minimum Gasteiger partial charge on any atom is -0.480 e. The van der Waals surface area contributed by atoms with Gasteiger partial charge in [0.25, 0.3) is 0 Å². The molecule has 2 aromatic heterocycles. The van der Waals surface area contributed by atoms with Gasteiger partial charge in [-0.25, -0.2) is 14.8 Å². The van der Waals surface area contributed by atoms with Gasteiger partial charge in [0.2, 0.25) is 0 Å². The van der Waals surface area contributed by atoms with E-state index in [-0.39, 0.29) is 12.7 Å². The normalized spacial score (nSPS) is 10.7. The van der Waals surface area contributed by atoms with Gasteiger partial charge in [-0.15, -0.1) is 12.3 Å². The van der Waals surface area contributed by atoms with Gasteiger partial charge in [-0.05, 0) is 26.8 Å². The van der Waals surface area contributed by atoms with E-state index in [2.05, 4.69) is 35.1 Å². The Kier molecular flexibility index (Phi) is 17.5. The maximum atomic E-state index is 10.8. The average molecular weight is 482 g/mol. The molecule has 2 heterocycles. The van der Waals surface area contributed by atoms with Crippen molar-refractivity contribution < 1.29 is 29.3 Å². The van der Waals surface area contributed by atoms with Crippen molar-refractivity contribution >= 4 is 28.9 Å². The molecule has 0 spiro atoms. The highest BCUT2D eigenvalue weighted by Gasteiger charge is 2.16. The van der Waals surface area contributed by atoms with Crippen molar-refractivity contribution in [3.05, 3.63) is 18.6 Å². The van der Waals surface area contributed by atoms with Gasteiger partial charge in [0, 0.05) is 26.8 Å². The van der Waals surface area contributed by atoms with E-state index < -0.39 is 24.2 Å². The van der Waals surface area contributed by atoms with Crippen molar-refractivity contribution in [2.45, 2.75) is 59.2 Å². The Balaban J connectivity index is 0. The Morgan fingerprint density at radius 1 is 1.32 bits per heavy atom. The lowest BCUT2D eigenvalue weighted by Crippen LogP contribution is -2.35. The first kappa shape index (κ1) is 32.8. The van der Waals surface area contributed by atoms with E-state index in [1.807, 2.05) is 23.9 Å². The Morgan fingerprint density at radius 3 is 2.29 bits per heavy atom. The van der Waals surface area contributed by atoms with Crippen molar-refractivity contribution in [3.63, 3.8) is 0 Å². The number of amides is 1. The molecule has 2 rings (SSSR count). The van der Waals surface area contributed by atoms with Crippen molar-refractivity contribution in [2.24, 2.45) is 7.05 Å². The minimum atomic E-state index is -1.10. The van der Waals surface area contributed by atoms with Gasteiger partial charge < -0.3 is 35.3 Å². The Labute approximate surface area is 201 Å². The van der Waals surface area contributed by atoms with Crippen molar-refractivity contribution in [1.82, 2.24) is 19.9 Å². The Bertz CT molecular complexity index is 882. The van der Waals surface area contributed by atoms with Crippen LogP contribution < -0.4 is 11.1 Å². The van der Waals surface area contributed by atoms with Crippen LogP contribution >= 0.6 is 0 Å². The van der Waals surface area contributed by atoms with Crippen LogP contribution in [0.4, 0.5) is 10.6 Å². The molecular formula is C23H39N5O6. The van der Waals surface area contributed by atoms with Gasteiger partial charge in [0.1, 0.15) is 29.9 Å². The third kappa shape index (κ3) is 16.3. The molecule has 2 aromatic rings. The van der Waals surface area contributed by atoms with Gasteiger partial charge in [-0.3, -0.25) is 4.79 Å². The first-order chi connectivity index (χ1) is 15.9. The van der Waals surface area contributed by atoms with Crippen LogP contribution in [0.5, 0.6) is 0 Å². The summed E-state index contributed by atoms with van der Waals surface area (Å²) in [5, 5.41) is 19.6. The number of carbonyl (C=O) groups is 2. The summed E-state index contributed by atoms with van der Waals surface area (Å²) in [6.07, 6.45) is 9.15. The zero-order chi connectivity index (χ0) is 26.7. The Hall–Kier alpha value is -3.36. The molecule has 11 heteroatoms. The van der Waals surface area contributed by atoms with Gasteiger partial charge in [-0.2, -0.15) is 0 Å². The van der Waals surface area contributed by atoms with Crippen LogP contribution in [0.25, 0.3) is 11.0 Å². The fourth-order valence-electron chi connectivity index (χ4n) is 1.91. The van der Waals surface area contributed by atoms with Crippen molar-refractivity contribution in [2.75, 3.05) is 26.0 Å². The SMILES string of the molecule is C#CC[C@@H](CO)OC.CC(C)(C)OC(=O)NCC(=O)O.CCC.Cn1ccc2c(N)ncnc21. The molecule has 0 aliphatic rings. The molecule has 34 heavy (non-hydrogen) atoms. The summed E-state index contributed by atoms with van der Waals surface area (Å²) in [5.74, 6) is 1.83. The third-order valence-electron chi connectivity index (χ3n) is 3.36. The number of nitrogen functional groups attached to an aromatic ring is 1. The highest BCUT2D eigenvalue weighted by molar-refractivity contribution is 5.85. The quantitative estimate of drug-likeness (QED) is 0.470. The number of nitrogens with zero attached hydrogens (tertiary/aromatic N) is 3. The predicted octanol–water partition coefficient (Wildman–Crippen LogP) is 2.58. The summed E-state index contributed by atoms with van der Waals surface area (Å²) in [5.41, 5.74) is 5.88. The lowest BCUT2D eigenvalue weighted by Gasteiger charge is -2.19.